The molecule has 2 N–H and O–H groups in total. The third kappa shape index (κ3) is 3.56. The minimum Gasteiger partial charge on any atom is -0.496 e. The number of fused-ring (bicyclic) bond motifs is 4. The van der Waals surface area contributed by atoms with E-state index in [-0.39, 0.29) is 35.9 Å². The van der Waals surface area contributed by atoms with Crippen LogP contribution in [0.4, 0.5) is 0 Å². The van der Waals surface area contributed by atoms with Crippen molar-refractivity contribution in [2.75, 3.05) is 20.2 Å². The molecule has 0 aromatic heterocycles. The maximum atomic E-state index is 13.6. The van der Waals surface area contributed by atoms with Crippen LogP contribution >= 0.6 is 0 Å². The summed E-state index contributed by atoms with van der Waals surface area (Å²) in [6.45, 7) is 3.66. The lowest BCUT2D eigenvalue weighted by atomic mass is 9.75. The van der Waals surface area contributed by atoms with Gasteiger partial charge in [0.2, 0.25) is 5.91 Å². The standard InChI is InChI=1S/C26H31N3O3/c1-16(17-7-4-3-5-8-17)28-25(30)24-22(32-2)11-10-18-12-14-29-21(23(18)24)15-20-19(26(29)31)9-6-13-27-20/h3-5,7-8,10-11,16,19-21,27H,6,9,12-15H2,1-2H3,(H,28,30)/t16-,19-,20-,21-/m1/s1. The molecule has 4 atom stereocenters. The number of carbonyl (C=O) groups excluding carboxylic acids is 2. The van der Waals surface area contributed by atoms with Crippen molar-refractivity contribution in [2.24, 2.45) is 5.92 Å². The van der Waals surface area contributed by atoms with E-state index in [2.05, 4.69) is 16.7 Å². The van der Waals surface area contributed by atoms with Crippen LogP contribution in [0.1, 0.15) is 65.3 Å². The molecule has 0 unspecified atom stereocenters. The number of hydrogen-bond donors (Lipinski definition) is 2. The number of methoxy groups -OCH3 is 1. The van der Waals surface area contributed by atoms with Gasteiger partial charge in [0.25, 0.3) is 5.91 Å². The number of rotatable bonds is 4. The molecule has 2 fully saturated rings. The summed E-state index contributed by atoms with van der Waals surface area (Å²) >= 11 is 0. The summed E-state index contributed by atoms with van der Waals surface area (Å²) in [4.78, 5) is 29.0. The minimum absolute atomic E-state index is 0.0579. The average Bonchev–Trinajstić information content (AvgIpc) is 2.83. The van der Waals surface area contributed by atoms with Gasteiger partial charge in [-0.2, -0.15) is 0 Å². The van der Waals surface area contributed by atoms with Gasteiger partial charge in [-0.3, -0.25) is 9.59 Å². The lowest BCUT2D eigenvalue weighted by Gasteiger charge is -2.49. The predicted molar refractivity (Wildman–Crippen MR) is 123 cm³/mol. The summed E-state index contributed by atoms with van der Waals surface area (Å²) in [5, 5.41) is 6.73. The van der Waals surface area contributed by atoms with E-state index in [9.17, 15) is 9.59 Å². The fourth-order valence-electron chi connectivity index (χ4n) is 5.75. The molecular formula is C26H31N3O3. The fraction of sp³-hybridized carbons (Fsp3) is 0.462. The van der Waals surface area contributed by atoms with Gasteiger partial charge in [-0.1, -0.05) is 36.4 Å². The number of hydrogen-bond acceptors (Lipinski definition) is 4. The van der Waals surface area contributed by atoms with Gasteiger partial charge in [0.05, 0.1) is 30.7 Å². The topological polar surface area (TPSA) is 70.7 Å². The van der Waals surface area contributed by atoms with Crippen LogP contribution in [0.5, 0.6) is 5.75 Å². The molecule has 0 bridgehead atoms. The first kappa shape index (κ1) is 21.0. The van der Waals surface area contributed by atoms with Gasteiger partial charge < -0.3 is 20.3 Å². The van der Waals surface area contributed by atoms with Crippen LogP contribution in [-0.2, 0) is 11.2 Å². The molecule has 6 nitrogen and oxygen atoms in total. The third-order valence-corrected chi connectivity index (χ3v) is 7.38. The van der Waals surface area contributed by atoms with Gasteiger partial charge >= 0.3 is 0 Å². The molecule has 168 valence electrons. The van der Waals surface area contributed by atoms with Gasteiger partial charge in [-0.15, -0.1) is 0 Å². The molecule has 3 aliphatic rings. The van der Waals surface area contributed by atoms with E-state index < -0.39 is 0 Å². The zero-order chi connectivity index (χ0) is 22.2. The van der Waals surface area contributed by atoms with Crippen molar-refractivity contribution in [1.82, 2.24) is 15.5 Å². The Morgan fingerprint density at radius 3 is 2.81 bits per heavy atom. The van der Waals surface area contributed by atoms with E-state index in [1.165, 1.54) is 0 Å². The van der Waals surface area contributed by atoms with E-state index in [0.29, 0.717) is 17.9 Å². The van der Waals surface area contributed by atoms with Crippen molar-refractivity contribution in [3.8, 4) is 5.75 Å². The first-order valence-corrected chi connectivity index (χ1v) is 11.7. The van der Waals surface area contributed by atoms with Crippen LogP contribution in [0, 0.1) is 5.92 Å². The maximum Gasteiger partial charge on any atom is 0.255 e. The molecule has 2 aromatic carbocycles. The molecule has 0 spiro atoms. The SMILES string of the molecule is COc1ccc2c(c1C(=O)N[C@H](C)c1ccccc1)[C@H]1C[C@H]3NCCC[C@H]3C(=O)N1CC2. The molecule has 0 aliphatic carbocycles. The molecule has 2 aromatic rings. The van der Waals surface area contributed by atoms with Crippen molar-refractivity contribution >= 4 is 11.8 Å². The number of ether oxygens (including phenoxy) is 1. The molecule has 2 amide bonds. The summed E-state index contributed by atoms with van der Waals surface area (Å²) in [5.74, 6) is 0.705. The maximum absolute atomic E-state index is 13.6. The Balaban J connectivity index is 1.52. The molecule has 0 saturated carbocycles. The second-order valence-electron chi connectivity index (χ2n) is 9.16. The lowest BCUT2D eigenvalue weighted by Crippen LogP contribution is -2.58. The van der Waals surface area contributed by atoms with Gasteiger partial charge in [0.1, 0.15) is 5.75 Å². The van der Waals surface area contributed by atoms with E-state index >= 15 is 0 Å². The Morgan fingerprint density at radius 1 is 1.22 bits per heavy atom. The Hall–Kier alpha value is -2.86. The van der Waals surface area contributed by atoms with Gasteiger partial charge in [0.15, 0.2) is 0 Å². The molecule has 0 radical (unpaired) electrons. The Morgan fingerprint density at radius 2 is 2.03 bits per heavy atom. The Kier molecular flexibility index (Phi) is 5.64. The van der Waals surface area contributed by atoms with Crippen LogP contribution in [0.15, 0.2) is 42.5 Å². The van der Waals surface area contributed by atoms with Crippen LogP contribution in [0.3, 0.4) is 0 Å². The van der Waals surface area contributed by atoms with Crippen molar-refractivity contribution in [3.05, 3.63) is 64.7 Å². The largest absolute Gasteiger partial charge is 0.496 e. The van der Waals surface area contributed by atoms with E-state index in [1.54, 1.807) is 7.11 Å². The van der Waals surface area contributed by atoms with Crippen LogP contribution in [0.25, 0.3) is 0 Å². The van der Waals surface area contributed by atoms with Crippen molar-refractivity contribution in [1.29, 1.82) is 0 Å². The average molecular weight is 434 g/mol. The smallest absolute Gasteiger partial charge is 0.255 e. The van der Waals surface area contributed by atoms with Gasteiger partial charge in [-0.25, -0.2) is 0 Å². The molecule has 5 rings (SSSR count). The zero-order valence-corrected chi connectivity index (χ0v) is 18.8. The number of nitrogens with one attached hydrogen (secondary N) is 2. The van der Waals surface area contributed by atoms with Crippen molar-refractivity contribution in [3.63, 3.8) is 0 Å². The fourth-order valence-corrected chi connectivity index (χ4v) is 5.75. The number of benzene rings is 2. The molecule has 6 heteroatoms. The molecule has 2 saturated heterocycles. The predicted octanol–water partition coefficient (Wildman–Crippen LogP) is 3.38. The summed E-state index contributed by atoms with van der Waals surface area (Å²) in [5.41, 5.74) is 3.73. The normalized spacial score (nSPS) is 25.2. The number of carbonyl (C=O) groups is 2. The first-order chi connectivity index (χ1) is 15.6. The first-order valence-electron chi connectivity index (χ1n) is 11.7. The number of amides is 2. The molecular weight excluding hydrogens is 402 g/mol. The minimum atomic E-state index is -0.150. The quantitative estimate of drug-likeness (QED) is 0.776. The van der Waals surface area contributed by atoms with Crippen LogP contribution in [-0.4, -0.2) is 43.0 Å². The number of nitrogens with zero attached hydrogens (tertiary/aromatic N) is 1. The molecule has 3 heterocycles. The number of piperidine rings is 2. The third-order valence-electron chi connectivity index (χ3n) is 7.38. The summed E-state index contributed by atoms with van der Waals surface area (Å²) in [7, 11) is 1.60. The van der Waals surface area contributed by atoms with E-state index in [1.807, 2.05) is 48.2 Å². The molecule has 3 aliphatic heterocycles. The highest BCUT2D eigenvalue weighted by molar-refractivity contribution is 5.99. The Labute approximate surface area is 189 Å². The van der Waals surface area contributed by atoms with Crippen molar-refractivity contribution in [2.45, 2.75) is 50.7 Å². The Bertz CT molecular complexity index is 1020. The zero-order valence-electron chi connectivity index (χ0n) is 18.8. The van der Waals surface area contributed by atoms with Gasteiger partial charge in [-0.05, 0) is 61.9 Å². The second kappa shape index (κ2) is 8.58. The second-order valence-corrected chi connectivity index (χ2v) is 9.16. The summed E-state index contributed by atoms with van der Waals surface area (Å²) in [6.07, 6.45) is 3.60. The molecule has 32 heavy (non-hydrogen) atoms. The van der Waals surface area contributed by atoms with E-state index in [0.717, 1.165) is 48.9 Å². The van der Waals surface area contributed by atoms with Crippen molar-refractivity contribution < 1.29 is 14.3 Å². The highest BCUT2D eigenvalue weighted by Crippen LogP contribution is 2.44. The highest BCUT2D eigenvalue weighted by atomic mass is 16.5. The summed E-state index contributed by atoms with van der Waals surface area (Å²) < 4.78 is 5.65. The summed E-state index contributed by atoms with van der Waals surface area (Å²) in [6, 6.07) is 13.8. The van der Waals surface area contributed by atoms with E-state index in [4.69, 9.17) is 4.74 Å². The monoisotopic (exact) mass is 433 g/mol. The van der Waals surface area contributed by atoms with Gasteiger partial charge in [0, 0.05) is 12.6 Å². The van der Waals surface area contributed by atoms with Crippen LogP contribution < -0.4 is 15.4 Å². The van der Waals surface area contributed by atoms with Crippen LogP contribution in [0.2, 0.25) is 0 Å². The highest BCUT2D eigenvalue weighted by Gasteiger charge is 2.46. The lowest BCUT2D eigenvalue weighted by molar-refractivity contribution is -0.145.